The molecule has 0 fully saturated rings. The minimum Gasteiger partial charge on any atom is -0.495 e. The van der Waals surface area contributed by atoms with E-state index in [9.17, 15) is 9.59 Å². The fourth-order valence-corrected chi connectivity index (χ4v) is 1.69. The second-order valence-electron chi connectivity index (χ2n) is 4.10. The van der Waals surface area contributed by atoms with Crippen LogP contribution in [0, 0.1) is 0 Å². The number of amides is 2. The molecule has 2 amide bonds. The zero-order valence-electron chi connectivity index (χ0n) is 11.4. The third-order valence-electron chi connectivity index (χ3n) is 2.66. The van der Waals surface area contributed by atoms with Gasteiger partial charge in [-0.05, 0) is 30.3 Å². The Balaban J connectivity index is 2.19. The van der Waals surface area contributed by atoms with Crippen LogP contribution in [-0.2, 0) is 4.79 Å². The molecule has 21 heavy (non-hydrogen) atoms. The topological polar surface area (TPSA) is 107 Å². The fraction of sp³-hybridized carbons (Fsp3) is 0.143. The second-order valence-corrected chi connectivity index (χ2v) is 4.10. The van der Waals surface area contributed by atoms with Crippen molar-refractivity contribution in [2.75, 3.05) is 24.3 Å². The van der Waals surface area contributed by atoms with E-state index in [2.05, 4.69) is 10.6 Å². The molecule has 0 saturated heterocycles. The maximum atomic E-state index is 11.9. The van der Waals surface area contributed by atoms with Crippen molar-refractivity contribution in [3.63, 3.8) is 0 Å². The van der Waals surface area contributed by atoms with E-state index in [1.807, 2.05) is 0 Å². The van der Waals surface area contributed by atoms with Crippen molar-refractivity contribution in [3.8, 4) is 5.75 Å². The molecule has 0 aliphatic heterocycles. The lowest BCUT2D eigenvalue weighted by Crippen LogP contribution is -2.22. The number of nitrogens with one attached hydrogen (secondary N) is 2. The number of anilines is 2. The van der Waals surface area contributed by atoms with Gasteiger partial charge in [0.2, 0.25) is 5.91 Å². The van der Waals surface area contributed by atoms with Gasteiger partial charge in [0.05, 0.1) is 25.6 Å². The monoisotopic (exact) mass is 289 g/mol. The summed E-state index contributed by atoms with van der Waals surface area (Å²) >= 11 is 0. The Labute approximate surface area is 121 Å². The summed E-state index contributed by atoms with van der Waals surface area (Å²) in [6.45, 7) is -0.147. The number of carbonyl (C=O) groups is 2. The Morgan fingerprint density at radius 1 is 1.29 bits per heavy atom. The number of rotatable bonds is 5. The van der Waals surface area contributed by atoms with Gasteiger partial charge < -0.3 is 25.5 Å². The van der Waals surface area contributed by atoms with Gasteiger partial charge in [0.1, 0.15) is 5.75 Å². The summed E-state index contributed by atoms with van der Waals surface area (Å²) in [6.07, 6.45) is 1.41. The quantitative estimate of drug-likeness (QED) is 0.772. The van der Waals surface area contributed by atoms with Gasteiger partial charge in [0.15, 0.2) is 5.76 Å². The average Bonchev–Trinajstić information content (AvgIpc) is 3.01. The van der Waals surface area contributed by atoms with Crippen LogP contribution >= 0.6 is 0 Å². The number of hydrogen-bond donors (Lipinski definition) is 3. The van der Waals surface area contributed by atoms with Crippen LogP contribution in [0.4, 0.5) is 11.4 Å². The minimum absolute atomic E-state index is 0.147. The first-order valence-corrected chi connectivity index (χ1v) is 6.17. The molecule has 1 heterocycles. The van der Waals surface area contributed by atoms with Crippen LogP contribution in [0.1, 0.15) is 10.6 Å². The molecule has 4 N–H and O–H groups in total. The largest absolute Gasteiger partial charge is 0.495 e. The molecule has 110 valence electrons. The predicted molar refractivity (Wildman–Crippen MR) is 77.3 cm³/mol. The highest BCUT2D eigenvalue weighted by molar-refractivity contribution is 6.03. The van der Waals surface area contributed by atoms with Crippen LogP contribution in [0.3, 0.4) is 0 Å². The van der Waals surface area contributed by atoms with Crippen LogP contribution in [0.5, 0.6) is 5.75 Å². The van der Waals surface area contributed by atoms with Crippen molar-refractivity contribution in [1.82, 2.24) is 0 Å². The third-order valence-corrected chi connectivity index (χ3v) is 2.66. The van der Waals surface area contributed by atoms with Gasteiger partial charge in [-0.15, -0.1) is 0 Å². The van der Waals surface area contributed by atoms with Crippen molar-refractivity contribution >= 4 is 23.2 Å². The molecule has 2 rings (SSSR count). The Bertz CT molecular complexity index is 638. The average molecular weight is 289 g/mol. The van der Waals surface area contributed by atoms with Crippen molar-refractivity contribution < 1.29 is 18.7 Å². The van der Waals surface area contributed by atoms with Crippen LogP contribution in [0.15, 0.2) is 41.0 Å². The number of furan rings is 1. The highest BCUT2D eigenvalue weighted by Gasteiger charge is 2.12. The lowest BCUT2D eigenvalue weighted by molar-refractivity contribution is -0.114. The lowest BCUT2D eigenvalue weighted by Gasteiger charge is -2.12. The zero-order chi connectivity index (χ0) is 15.2. The van der Waals surface area contributed by atoms with E-state index in [-0.39, 0.29) is 24.1 Å². The summed E-state index contributed by atoms with van der Waals surface area (Å²) in [5.41, 5.74) is 6.17. The summed E-state index contributed by atoms with van der Waals surface area (Å²) in [6, 6.07) is 8.03. The van der Waals surface area contributed by atoms with E-state index in [4.69, 9.17) is 14.9 Å². The molecule has 0 aliphatic carbocycles. The van der Waals surface area contributed by atoms with Gasteiger partial charge in [-0.3, -0.25) is 9.59 Å². The number of carbonyl (C=O) groups excluding carboxylic acids is 2. The van der Waals surface area contributed by atoms with Crippen LogP contribution in [0.2, 0.25) is 0 Å². The summed E-state index contributed by atoms with van der Waals surface area (Å²) < 4.78 is 10.1. The van der Waals surface area contributed by atoms with E-state index in [0.29, 0.717) is 17.1 Å². The van der Waals surface area contributed by atoms with E-state index in [1.165, 1.54) is 13.4 Å². The van der Waals surface area contributed by atoms with Crippen molar-refractivity contribution in [1.29, 1.82) is 0 Å². The number of benzene rings is 1. The van der Waals surface area contributed by atoms with Gasteiger partial charge in [-0.25, -0.2) is 0 Å². The molecule has 0 bridgehead atoms. The third kappa shape index (κ3) is 3.61. The maximum absolute atomic E-state index is 11.9. The van der Waals surface area contributed by atoms with Gasteiger partial charge in [0, 0.05) is 5.69 Å². The Morgan fingerprint density at radius 3 is 2.71 bits per heavy atom. The maximum Gasteiger partial charge on any atom is 0.291 e. The van der Waals surface area contributed by atoms with E-state index < -0.39 is 0 Å². The molecule has 0 atom stereocenters. The second kappa shape index (κ2) is 6.58. The molecular weight excluding hydrogens is 274 g/mol. The van der Waals surface area contributed by atoms with Gasteiger partial charge in [-0.2, -0.15) is 0 Å². The van der Waals surface area contributed by atoms with Crippen molar-refractivity contribution in [2.45, 2.75) is 0 Å². The summed E-state index contributed by atoms with van der Waals surface area (Å²) in [5.74, 6) is -0.0877. The number of ether oxygens (including phenoxy) is 1. The lowest BCUT2D eigenvalue weighted by atomic mass is 10.2. The zero-order valence-corrected chi connectivity index (χ0v) is 11.4. The molecule has 0 unspecified atom stereocenters. The van der Waals surface area contributed by atoms with Gasteiger partial charge >= 0.3 is 0 Å². The molecule has 7 nitrogen and oxygen atoms in total. The predicted octanol–water partition coefficient (Wildman–Crippen LogP) is 1.44. The highest BCUT2D eigenvalue weighted by Crippen LogP contribution is 2.28. The normalized spacial score (nSPS) is 10.0. The first-order chi connectivity index (χ1) is 10.1. The number of hydrogen-bond acceptors (Lipinski definition) is 5. The summed E-state index contributed by atoms with van der Waals surface area (Å²) in [5, 5.41) is 5.25. The summed E-state index contributed by atoms with van der Waals surface area (Å²) in [4.78, 5) is 23.3. The standard InChI is InChI=1S/C14H15N3O4/c1-20-11-5-4-9(7-10(11)17-13(18)8-15)16-14(19)12-3-2-6-21-12/h2-7H,8,15H2,1H3,(H,16,19)(H,17,18). The van der Waals surface area contributed by atoms with Crippen LogP contribution < -0.4 is 21.1 Å². The molecule has 1 aromatic carbocycles. The highest BCUT2D eigenvalue weighted by atomic mass is 16.5. The van der Waals surface area contributed by atoms with Crippen LogP contribution in [0.25, 0.3) is 0 Å². The Morgan fingerprint density at radius 2 is 2.10 bits per heavy atom. The van der Waals surface area contributed by atoms with E-state index in [1.54, 1.807) is 30.3 Å². The van der Waals surface area contributed by atoms with Crippen molar-refractivity contribution in [3.05, 3.63) is 42.4 Å². The van der Waals surface area contributed by atoms with Crippen LogP contribution in [-0.4, -0.2) is 25.5 Å². The first-order valence-electron chi connectivity index (χ1n) is 6.17. The fourth-order valence-electron chi connectivity index (χ4n) is 1.69. The molecule has 0 spiro atoms. The molecule has 2 aromatic rings. The first kappa shape index (κ1) is 14.6. The molecule has 0 saturated carbocycles. The van der Waals surface area contributed by atoms with E-state index >= 15 is 0 Å². The Hall–Kier alpha value is -2.80. The number of methoxy groups -OCH3 is 1. The molecule has 0 aliphatic rings. The van der Waals surface area contributed by atoms with Gasteiger partial charge in [0.25, 0.3) is 5.91 Å². The SMILES string of the molecule is COc1ccc(NC(=O)c2ccco2)cc1NC(=O)CN. The Kier molecular flexibility index (Phi) is 4.57. The molecule has 0 radical (unpaired) electrons. The minimum atomic E-state index is -0.388. The molecular formula is C14H15N3O4. The van der Waals surface area contributed by atoms with Crippen molar-refractivity contribution in [2.24, 2.45) is 5.73 Å². The smallest absolute Gasteiger partial charge is 0.291 e. The summed E-state index contributed by atoms with van der Waals surface area (Å²) in [7, 11) is 1.48. The molecule has 7 heteroatoms. The van der Waals surface area contributed by atoms with Gasteiger partial charge in [-0.1, -0.05) is 0 Å². The molecule has 1 aromatic heterocycles. The van der Waals surface area contributed by atoms with E-state index in [0.717, 1.165) is 0 Å². The number of nitrogens with two attached hydrogens (primary N) is 1.